The molecule has 0 amide bonds. The van der Waals surface area contributed by atoms with Gasteiger partial charge in [0.05, 0.1) is 0 Å². The Morgan fingerprint density at radius 2 is 1.84 bits per heavy atom. The predicted molar refractivity (Wildman–Crippen MR) is 70.3 cm³/mol. The molecule has 2 saturated carbocycles. The first-order chi connectivity index (χ1) is 8.97. The van der Waals surface area contributed by atoms with Gasteiger partial charge >= 0.3 is 11.9 Å². The minimum atomic E-state index is -0.466. The van der Waals surface area contributed by atoms with Crippen LogP contribution in [0, 0.1) is 11.3 Å². The lowest BCUT2D eigenvalue weighted by atomic mass is 9.94. The van der Waals surface area contributed by atoms with Crippen LogP contribution in [-0.2, 0) is 19.1 Å². The topological polar surface area (TPSA) is 52.6 Å². The smallest absolute Gasteiger partial charge is 0.334 e. The number of esters is 2. The molecule has 4 heteroatoms. The fourth-order valence-corrected chi connectivity index (χ4v) is 2.93. The largest absolute Gasteiger partial charge is 0.459 e. The second-order valence-electron chi connectivity index (χ2n) is 5.48. The third-order valence-electron chi connectivity index (χ3n) is 4.15. The molecule has 2 aliphatic carbocycles. The zero-order valence-electron chi connectivity index (χ0n) is 11.4. The summed E-state index contributed by atoms with van der Waals surface area (Å²) in [5.41, 5.74) is 0.966. The molecule has 19 heavy (non-hydrogen) atoms. The van der Waals surface area contributed by atoms with E-state index in [1.807, 2.05) is 0 Å². The van der Waals surface area contributed by atoms with Gasteiger partial charge in [-0.2, -0.15) is 0 Å². The fraction of sp³-hybridized carbons (Fsp3) is 0.600. The lowest BCUT2D eigenvalue weighted by Crippen LogP contribution is -2.19. The van der Waals surface area contributed by atoms with Crippen LogP contribution in [0.15, 0.2) is 24.3 Å². The summed E-state index contributed by atoms with van der Waals surface area (Å²) in [5, 5.41) is 0. The average molecular weight is 264 g/mol. The Morgan fingerprint density at radius 3 is 2.32 bits per heavy atom. The fourth-order valence-electron chi connectivity index (χ4n) is 2.93. The Labute approximate surface area is 113 Å². The highest BCUT2D eigenvalue weighted by molar-refractivity contribution is 5.90. The Balaban J connectivity index is 1.69. The van der Waals surface area contributed by atoms with Crippen molar-refractivity contribution >= 4 is 11.9 Å². The van der Waals surface area contributed by atoms with Gasteiger partial charge < -0.3 is 9.47 Å². The summed E-state index contributed by atoms with van der Waals surface area (Å²) in [6, 6.07) is 0. The second kappa shape index (κ2) is 5.19. The molecule has 0 aromatic carbocycles. The summed E-state index contributed by atoms with van der Waals surface area (Å²) in [6.45, 7) is 9.06. The zero-order chi connectivity index (χ0) is 14.0. The third kappa shape index (κ3) is 2.72. The van der Waals surface area contributed by atoms with Crippen molar-refractivity contribution in [1.82, 2.24) is 0 Å². The van der Waals surface area contributed by atoms with Crippen molar-refractivity contribution < 1.29 is 19.1 Å². The molecule has 0 aromatic rings. The first kappa shape index (κ1) is 13.8. The van der Waals surface area contributed by atoms with E-state index in [0.29, 0.717) is 17.1 Å². The van der Waals surface area contributed by atoms with E-state index in [1.54, 1.807) is 6.92 Å². The number of rotatable bonds is 6. The molecule has 0 N–H and O–H groups in total. The summed E-state index contributed by atoms with van der Waals surface area (Å²) in [5.74, 6) is -0.184. The van der Waals surface area contributed by atoms with Crippen LogP contribution in [0.5, 0.6) is 0 Å². The summed E-state index contributed by atoms with van der Waals surface area (Å²) in [7, 11) is 0. The van der Waals surface area contributed by atoms with Crippen LogP contribution in [0.2, 0.25) is 0 Å². The molecule has 0 radical (unpaired) electrons. The molecule has 0 spiro atoms. The van der Waals surface area contributed by atoms with Crippen LogP contribution in [0.25, 0.3) is 0 Å². The van der Waals surface area contributed by atoms with Crippen LogP contribution in [0.3, 0.4) is 0 Å². The van der Waals surface area contributed by atoms with Gasteiger partial charge in [-0.3, -0.25) is 0 Å². The Morgan fingerprint density at radius 1 is 1.21 bits per heavy atom. The van der Waals surface area contributed by atoms with Gasteiger partial charge in [0.15, 0.2) is 0 Å². The van der Waals surface area contributed by atoms with E-state index in [1.165, 1.54) is 12.8 Å². The van der Waals surface area contributed by atoms with Crippen molar-refractivity contribution in [2.75, 3.05) is 13.2 Å². The standard InChI is InChI=1S/C15H20O4/c1-10(2)13(16)18-7-8-19-14(17)11(3)15-6-4-5-12(15)9-15/h12H,1,3-9H2,2H3. The average Bonchev–Trinajstić information content (AvgIpc) is 2.95. The van der Waals surface area contributed by atoms with E-state index in [0.717, 1.165) is 12.8 Å². The van der Waals surface area contributed by atoms with Crippen LogP contribution in [0.4, 0.5) is 0 Å². The van der Waals surface area contributed by atoms with Crippen molar-refractivity contribution in [2.24, 2.45) is 11.3 Å². The Hall–Kier alpha value is -1.58. The van der Waals surface area contributed by atoms with E-state index in [9.17, 15) is 9.59 Å². The van der Waals surface area contributed by atoms with E-state index >= 15 is 0 Å². The van der Waals surface area contributed by atoms with Crippen molar-refractivity contribution in [3.8, 4) is 0 Å². The highest BCUT2D eigenvalue weighted by Gasteiger charge is 2.60. The van der Waals surface area contributed by atoms with Gasteiger partial charge in [-0.05, 0) is 32.1 Å². The number of ether oxygens (including phenoxy) is 2. The Bertz CT molecular complexity index is 437. The van der Waals surface area contributed by atoms with Gasteiger partial charge in [-0.25, -0.2) is 9.59 Å². The SMILES string of the molecule is C=C(C)C(=O)OCCOC(=O)C(=C)C12CCCC1C2. The lowest BCUT2D eigenvalue weighted by Gasteiger charge is -2.14. The minimum Gasteiger partial charge on any atom is -0.459 e. The third-order valence-corrected chi connectivity index (χ3v) is 4.15. The summed E-state index contributed by atoms with van der Waals surface area (Å²) >= 11 is 0. The van der Waals surface area contributed by atoms with Gasteiger partial charge in [-0.1, -0.05) is 19.6 Å². The molecule has 2 rings (SSSR count). The summed E-state index contributed by atoms with van der Waals surface area (Å²) < 4.78 is 9.94. The van der Waals surface area contributed by atoms with E-state index in [2.05, 4.69) is 13.2 Å². The maximum absolute atomic E-state index is 11.9. The van der Waals surface area contributed by atoms with Crippen LogP contribution < -0.4 is 0 Å². The number of hydrogen-bond donors (Lipinski definition) is 0. The maximum Gasteiger partial charge on any atom is 0.334 e. The quantitative estimate of drug-likeness (QED) is 0.420. The van der Waals surface area contributed by atoms with Crippen molar-refractivity contribution in [1.29, 1.82) is 0 Å². The highest BCUT2D eigenvalue weighted by Crippen LogP contribution is 2.67. The van der Waals surface area contributed by atoms with Gasteiger partial charge in [0.2, 0.25) is 0 Å². The van der Waals surface area contributed by atoms with E-state index < -0.39 is 5.97 Å². The molecule has 2 aliphatic rings. The van der Waals surface area contributed by atoms with Gasteiger partial charge in [-0.15, -0.1) is 0 Å². The molecule has 4 nitrogen and oxygen atoms in total. The van der Waals surface area contributed by atoms with Crippen molar-refractivity contribution in [3.63, 3.8) is 0 Å². The van der Waals surface area contributed by atoms with Crippen LogP contribution in [-0.4, -0.2) is 25.2 Å². The molecule has 2 unspecified atom stereocenters. The Kier molecular flexibility index (Phi) is 3.78. The van der Waals surface area contributed by atoms with Crippen LogP contribution in [0.1, 0.15) is 32.6 Å². The molecule has 2 atom stereocenters. The molecule has 0 bridgehead atoms. The molecule has 0 saturated heterocycles. The lowest BCUT2D eigenvalue weighted by molar-refractivity contribution is -0.147. The number of hydrogen-bond acceptors (Lipinski definition) is 4. The first-order valence-electron chi connectivity index (χ1n) is 6.66. The number of fused-ring (bicyclic) bond motifs is 1. The van der Waals surface area contributed by atoms with Crippen molar-refractivity contribution in [2.45, 2.75) is 32.6 Å². The molecule has 2 fully saturated rings. The molecule has 104 valence electrons. The second-order valence-corrected chi connectivity index (χ2v) is 5.48. The van der Waals surface area contributed by atoms with E-state index in [4.69, 9.17) is 9.47 Å². The molecule has 0 aromatic heterocycles. The van der Waals surface area contributed by atoms with Gasteiger partial charge in [0, 0.05) is 16.6 Å². The summed E-state index contributed by atoms with van der Waals surface area (Å²) in [4.78, 5) is 23.0. The molecular weight excluding hydrogens is 244 g/mol. The summed E-state index contributed by atoms with van der Waals surface area (Å²) in [6.07, 6.45) is 4.50. The highest BCUT2D eigenvalue weighted by atomic mass is 16.6. The molecule has 0 heterocycles. The van der Waals surface area contributed by atoms with Crippen LogP contribution >= 0.6 is 0 Å². The number of carbonyl (C=O) groups is 2. The predicted octanol–water partition coefficient (Wildman–Crippen LogP) is 2.40. The van der Waals surface area contributed by atoms with E-state index in [-0.39, 0.29) is 24.6 Å². The maximum atomic E-state index is 11.9. The monoisotopic (exact) mass is 264 g/mol. The van der Waals surface area contributed by atoms with Crippen molar-refractivity contribution in [3.05, 3.63) is 24.3 Å². The zero-order valence-corrected chi connectivity index (χ0v) is 11.4. The number of carbonyl (C=O) groups excluding carboxylic acids is 2. The molecule has 0 aliphatic heterocycles. The first-order valence-corrected chi connectivity index (χ1v) is 6.66. The van der Waals surface area contributed by atoms with Gasteiger partial charge in [0.25, 0.3) is 0 Å². The van der Waals surface area contributed by atoms with Gasteiger partial charge in [0.1, 0.15) is 13.2 Å². The molecular formula is C15H20O4. The normalized spacial score (nSPS) is 27.3. The minimum absolute atomic E-state index is 0.0332.